The quantitative estimate of drug-likeness (QED) is 0.384. The van der Waals surface area contributed by atoms with E-state index in [0.29, 0.717) is 0 Å². The Labute approximate surface area is 235 Å². The lowest BCUT2D eigenvalue weighted by molar-refractivity contribution is -0.123. The third kappa shape index (κ3) is 5.57. The molecule has 2 aliphatic rings. The molecule has 3 aromatic rings. The Bertz CT molecular complexity index is 1450. The van der Waals surface area contributed by atoms with Gasteiger partial charge in [0.2, 0.25) is 15.7 Å². The van der Waals surface area contributed by atoms with Gasteiger partial charge in [0.15, 0.2) is 0 Å². The molecule has 212 valence electrons. The van der Waals surface area contributed by atoms with Crippen molar-refractivity contribution in [2.24, 2.45) is 0 Å². The van der Waals surface area contributed by atoms with Crippen LogP contribution >= 0.6 is 0 Å². The van der Waals surface area contributed by atoms with Crippen LogP contribution in [0.25, 0.3) is 0 Å². The number of hydrogen-bond acceptors (Lipinski definition) is 6. The number of halogens is 1. The fourth-order valence-corrected chi connectivity index (χ4v) is 7.63. The largest absolute Gasteiger partial charge is 0.495 e. The van der Waals surface area contributed by atoms with E-state index in [1.807, 2.05) is 12.3 Å². The topological polar surface area (TPSA) is 97.4 Å². The summed E-state index contributed by atoms with van der Waals surface area (Å²) in [6.45, 7) is 0.255. The molecule has 0 saturated heterocycles. The van der Waals surface area contributed by atoms with E-state index in [1.165, 1.54) is 57.4 Å². The van der Waals surface area contributed by atoms with E-state index in [2.05, 4.69) is 15.6 Å². The van der Waals surface area contributed by atoms with Crippen LogP contribution in [0, 0.1) is 5.82 Å². The van der Waals surface area contributed by atoms with Crippen LogP contribution in [-0.4, -0.2) is 32.5 Å². The maximum absolute atomic E-state index is 13.8. The molecule has 40 heavy (non-hydrogen) atoms. The Balaban J connectivity index is 1.32. The van der Waals surface area contributed by atoms with E-state index in [-0.39, 0.29) is 33.4 Å². The minimum Gasteiger partial charge on any atom is -0.495 e. The number of hydrogen-bond donors (Lipinski definition) is 2. The van der Waals surface area contributed by atoms with Crippen molar-refractivity contribution in [3.63, 3.8) is 0 Å². The number of benzene rings is 2. The van der Waals surface area contributed by atoms with Crippen molar-refractivity contribution in [2.75, 3.05) is 12.4 Å². The lowest BCUT2D eigenvalue weighted by Crippen LogP contribution is -2.49. The molecule has 2 N–H and O–H groups in total. The van der Waals surface area contributed by atoms with Crippen molar-refractivity contribution in [3.05, 3.63) is 77.9 Å². The number of nitrogens with zero attached hydrogens (tertiary/aromatic N) is 1. The first-order valence-electron chi connectivity index (χ1n) is 14.0. The highest BCUT2D eigenvalue weighted by Crippen LogP contribution is 2.48. The lowest BCUT2D eigenvalue weighted by atomic mass is 9.69. The highest BCUT2D eigenvalue weighted by atomic mass is 32.2. The number of fused-ring (bicyclic) bond motifs is 2. The first-order chi connectivity index (χ1) is 19.3. The van der Waals surface area contributed by atoms with Gasteiger partial charge < -0.3 is 15.4 Å². The zero-order chi connectivity index (χ0) is 28.2. The molecular formula is C31H36FN3O4S. The van der Waals surface area contributed by atoms with Crippen LogP contribution in [0.4, 0.5) is 10.1 Å². The number of carbonyl (C=O) groups excluding carboxylic acids is 1. The van der Waals surface area contributed by atoms with Gasteiger partial charge in [-0.25, -0.2) is 12.8 Å². The Morgan fingerprint density at radius 1 is 1.02 bits per heavy atom. The Morgan fingerprint density at radius 3 is 2.38 bits per heavy atom. The second kappa shape index (κ2) is 12.0. The minimum absolute atomic E-state index is 0.0207. The maximum Gasteiger partial charge on any atom is 0.243 e. The monoisotopic (exact) mass is 565 g/mol. The van der Waals surface area contributed by atoms with Crippen LogP contribution in [0.15, 0.2) is 70.7 Å². The summed E-state index contributed by atoms with van der Waals surface area (Å²) in [5.41, 5.74) is 2.58. The standard InChI is InChI=1S/C31H36FN3O4S/c1-39-27-14-11-23(32)19-28(27)40(37,38)24-12-9-22(10-13-24)20-34-30(36)29-31(25-21-33-18-15-26(25)35-29)16-7-5-3-2-4-6-8-17-31/h9-15,18-19,21,29,35H,2-8,16-17,20H2,1H3,(H,34,36). The molecule has 1 aliphatic heterocycles. The highest BCUT2D eigenvalue weighted by molar-refractivity contribution is 7.91. The number of aromatic nitrogens is 1. The normalized spacial score (nSPS) is 18.9. The molecule has 0 bridgehead atoms. The van der Waals surface area contributed by atoms with Gasteiger partial charge in [0.1, 0.15) is 22.5 Å². The number of ether oxygens (including phenoxy) is 1. The Hall–Kier alpha value is -3.46. The van der Waals surface area contributed by atoms with Crippen LogP contribution in [0.2, 0.25) is 0 Å². The molecule has 2 heterocycles. The van der Waals surface area contributed by atoms with Gasteiger partial charge >= 0.3 is 0 Å². The average molecular weight is 566 g/mol. The first kappa shape index (κ1) is 28.1. The van der Waals surface area contributed by atoms with Gasteiger partial charge in [-0.05, 0) is 54.8 Å². The number of methoxy groups -OCH3 is 1. The van der Waals surface area contributed by atoms with Crippen molar-refractivity contribution >= 4 is 21.4 Å². The fraction of sp³-hybridized carbons (Fsp3) is 0.419. The predicted octanol–water partition coefficient (Wildman–Crippen LogP) is 5.93. The van der Waals surface area contributed by atoms with Crippen molar-refractivity contribution in [3.8, 4) is 5.75 Å². The number of pyridine rings is 1. The molecule has 9 heteroatoms. The second-order valence-corrected chi connectivity index (χ2v) is 12.7. The zero-order valence-electron chi connectivity index (χ0n) is 22.8. The molecule has 7 nitrogen and oxygen atoms in total. The molecule has 1 atom stereocenters. The number of rotatable bonds is 6. The SMILES string of the molecule is COc1ccc(F)cc1S(=O)(=O)c1ccc(CNC(=O)C2Nc3ccncc3C23CCCCCCCCC3)cc1. The number of anilines is 1. The van der Waals surface area contributed by atoms with Crippen LogP contribution in [0.1, 0.15) is 68.9 Å². The van der Waals surface area contributed by atoms with E-state index < -0.39 is 21.7 Å². The predicted molar refractivity (Wildman–Crippen MR) is 152 cm³/mol. The van der Waals surface area contributed by atoms with E-state index in [0.717, 1.165) is 54.6 Å². The average Bonchev–Trinajstić information content (AvgIpc) is 3.29. The molecule has 1 unspecified atom stereocenters. The molecule has 1 spiro atoms. The van der Waals surface area contributed by atoms with Gasteiger partial charge in [-0.15, -0.1) is 0 Å². The summed E-state index contributed by atoms with van der Waals surface area (Å²) in [5, 5.41) is 6.59. The molecule has 0 radical (unpaired) electrons. The number of nitrogens with one attached hydrogen (secondary N) is 2. The van der Waals surface area contributed by atoms with E-state index in [4.69, 9.17) is 4.74 Å². The van der Waals surface area contributed by atoms with Crippen molar-refractivity contribution < 1.29 is 22.3 Å². The summed E-state index contributed by atoms with van der Waals surface area (Å²) in [4.78, 5) is 17.9. The van der Waals surface area contributed by atoms with Gasteiger partial charge in [-0.3, -0.25) is 9.78 Å². The van der Waals surface area contributed by atoms with Crippen molar-refractivity contribution in [2.45, 2.75) is 85.6 Å². The summed E-state index contributed by atoms with van der Waals surface area (Å²) in [6, 6.07) is 11.2. The first-order valence-corrected chi connectivity index (χ1v) is 15.5. The molecule has 5 rings (SSSR count). The summed E-state index contributed by atoms with van der Waals surface area (Å²) < 4.78 is 45.3. The van der Waals surface area contributed by atoms with Crippen LogP contribution in [-0.2, 0) is 26.6 Å². The second-order valence-electron chi connectivity index (χ2n) is 10.8. The fourth-order valence-electron chi connectivity index (χ4n) is 6.20. The lowest BCUT2D eigenvalue weighted by Gasteiger charge is -2.36. The van der Waals surface area contributed by atoms with Crippen molar-refractivity contribution in [1.82, 2.24) is 10.3 Å². The van der Waals surface area contributed by atoms with Gasteiger partial charge in [0.05, 0.1) is 12.0 Å². The summed E-state index contributed by atoms with van der Waals surface area (Å²) in [7, 11) is -2.65. The minimum atomic E-state index is -3.99. The number of carbonyl (C=O) groups is 1. The third-order valence-electron chi connectivity index (χ3n) is 8.33. The Morgan fingerprint density at radius 2 is 1.70 bits per heavy atom. The summed E-state index contributed by atoms with van der Waals surface area (Å²) in [5.74, 6) is -0.660. The summed E-state index contributed by atoms with van der Waals surface area (Å²) >= 11 is 0. The molecule has 2 aromatic carbocycles. The van der Waals surface area contributed by atoms with Crippen LogP contribution < -0.4 is 15.4 Å². The maximum atomic E-state index is 13.8. The highest BCUT2D eigenvalue weighted by Gasteiger charge is 2.49. The van der Waals surface area contributed by atoms with E-state index in [9.17, 15) is 17.6 Å². The molecular weight excluding hydrogens is 529 g/mol. The van der Waals surface area contributed by atoms with Crippen molar-refractivity contribution in [1.29, 1.82) is 0 Å². The van der Waals surface area contributed by atoms with Gasteiger partial charge in [0, 0.05) is 35.6 Å². The van der Waals surface area contributed by atoms with Gasteiger partial charge in [-0.1, -0.05) is 57.1 Å². The van der Waals surface area contributed by atoms with E-state index in [1.54, 1.807) is 18.3 Å². The van der Waals surface area contributed by atoms with Crippen LogP contribution in [0.5, 0.6) is 5.75 Å². The van der Waals surface area contributed by atoms with Gasteiger partial charge in [0.25, 0.3) is 0 Å². The smallest absolute Gasteiger partial charge is 0.243 e. The molecule has 1 amide bonds. The summed E-state index contributed by atoms with van der Waals surface area (Å²) in [6.07, 6.45) is 13.8. The van der Waals surface area contributed by atoms with E-state index >= 15 is 0 Å². The number of amides is 1. The van der Waals surface area contributed by atoms with Gasteiger partial charge in [-0.2, -0.15) is 0 Å². The Kier molecular flexibility index (Phi) is 8.40. The number of sulfone groups is 1. The molecule has 1 aliphatic carbocycles. The molecule has 1 fully saturated rings. The molecule has 1 aromatic heterocycles. The molecule has 1 saturated carbocycles. The third-order valence-corrected chi connectivity index (χ3v) is 10.1. The zero-order valence-corrected chi connectivity index (χ0v) is 23.6. The van der Waals surface area contributed by atoms with Crippen LogP contribution in [0.3, 0.4) is 0 Å².